The van der Waals surface area contributed by atoms with Gasteiger partial charge in [0.25, 0.3) is 0 Å². The third-order valence-electron chi connectivity index (χ3n) is 2.89. The van der Waals surface area contributed by atoms with Gasteiger partial charge in [-0.25, -0.2) is 0 Å². The van der Waals surface area contributed by atoms with Crippen molar-refractivity contribution in [1.82, 2.24) is 10.2 Å². The number of piperidine rings is 1. The number of rotatable bonds is 5. The molecule has 94 valence electrons. The lowest BCUT2D eigenvalue weighted by Crippen LogP contribution is -2.47. The maximum atomic E-state index is 11.9. The Labute approximate surface area is 105 Å². The van der Waals surface area contributed by atoms with Crippen LogP contribution in [0.1, 0.15) is 32.1 Å². The van der Waals surface area contributed by atoms with Gasteiger partial charge < -0.3 is 10.2 Å². The molecular formula is C12H23ClN2O. The molecule has 1 unspecified atom stereocenters. The van der Waals surface area contributed by atoms with Gasteiger partial charge in [-0.2, -0.15) is 0 Å². The summed E-state index contributed by atoms with van der Waals surface area (Å²) in [6, 6.07) is 0.0625. The van der Waals surface area contributed by atoms with E-state index >= 15 is 0 Å². The van der Waals surface area contributed by atoms with E-state index in [-0.39, 0.29) is 24.4 Å². The Morgan fingerprint density at radius 2 is 2.31 bits per heavy atom. The van der Waals surface area contributed by atoms with Crippen molar-refractivity contribution in [2.45, 2.75) is 38.1 Å². The molecule has 0 radical (unpaired) electrons. The van der Waals surface area contributed by atoms with Crippen molar-refractivity contribution in [3.63, 3.8) is 0 Å². The number of amides is 1. The second kappa shape index (κ2) is 8.59. The van der Waals surface area contributed by atoms with Crippen molar-refractivity contribution in [1.29, 1.82) is 0 Å². The predicted molar refractivity (Wildman–Crippen MR) is 70.0 cm³/mol. The van der Waals surface area contributed by atoms with E-state index in [4.69, 9.17) is 0 Å². The smallest absolute Gasteiger partial charge is 0.239 e. The highest BCUT2D eigenvalue weighted by molar-refractivity contribution is 5.85. The molecule has 1 heterocycles. The molecule has 0 aromatic carbocycles. The zero-order valence-corrected chi connectivity index (χ0v) is 10.9. The molecule has 0 aliphatic carbocycles. The Hall–Kier alpha value is -0.540. The van der Waals surface area contributed by atoms with Gasteiger partial charge in [-0.1, -0.05) is 12.5 Å². The van der Waals surface area contributed by atoms with E-state index in [1.54, 1.807) is 0 Å². The van der Waals surface area contributed by atoms with Gasteiger partial charge in [0.05, 0.1) is 6.04 Å². The monoisotopic (exact) mass is 246 g/mol. The summed E-state index contributed by atoms with van der Waals surface area (Å²) in [4.78, 5) is 13.8. The molecule has 1 aliphatic rings. The molecule has 1 N–H and O–H groups in total. The van der Waals surface area contributed by atoms with Crippen LogP contribution in [0.15, 0.2) is 12.7 Å². The summed E-state index contributed by atoms with van der Waals surface area (Å²) in [5.74, 6) is 0.249. The number of hydrogen-bond donors (Lipinski definition) is 1. The van der Waals surface area contributed by atoms with Gasteiger partial charge in [0.15, 0.2) is 0 Å². The predicted octanol–water partition coefficient (Wildman–Crippen LogP) is 1.97. The molecule has 0 bridgehead atoms. The lowest BCUT2D eigenvalue weighted by atomic mass is 10.0. The first kappa shape index (κ1) is 15.5. The SMILES string of the molecule is C=CCCCN(C)C(=O)C1CCCCN1.Cl. The van der Waals surface area contributed by atoms with Crippen LogP contribution in [0, 0.1) is 0 Å². The molecule has 16 heavy (non-hydrogen) atoms. The van der Waals surface area contributed by atoms with E-state index in [2.05, 4.69) is 11.9 Å². The van der Waals surface area contributed by atoms with Crippen LogP contribution in [0.25, 0.3) is 0 Å². The quantitative estimate of drug-likeness (QED) is 0.594. The van der Waals surface area contributed by atoms with Crippen LogP contribution >= 0.6 is 12.4 Å². The molecule has 1 aliphatic heterocycles. The van der Waals surface area contributed by atoms with Crippen LogP contribution in [-0.4, -0.2) is 37.0 Å². The summed E-state index contributed by atoms with van der Waals surface area (Å²) in [5, 5.41) is 3.28. The van der Waals surface area contributed by atoms with E-state index in [1.807, 2.05) is 18.0 Å². The van der Waals surface area contributed by atoms with Crippen LogP contribution in [0.5, 0.6) is 0 Å². The Kier molecular flexibility index (Phi) is 8.30. The van der Waals surface area contributed by atoms with Crippen LogP contribution in [0.4, 0.5) is 0 Å². The van der Waals surface area contributed by atoms with Gasteiger partial charge >= 0.3 is 0 Å². The highest BCUT2D eigenvalue weighted by Gasteiger charge is 2.22. The maximum absolute atomic E-state index is 11.9. The fraction of sp³-hybridized carbons (Fsp3) is 0.750. The van der Waals surface area contributed by atoms with Crippen LogP contribution in [-0.2, 0) is 4.79 Å². The summed E-state index contributed by atoms with van der Waals surface area (Å²) in [7, 11) is 1.89. The second-order valence-electron chi connectivity index (χ2n) is 4.19. The van der Waals surface area contributed by atoms with Crippen molar-refractivity contribution in [3.05, 3.63) is 12.7 Å². The molecule has 0 spiro atoms. The van der Waals surface area contributed by atoms with E-state index < -0.39 is 0 Å². The first-order valence-electron chi connectivity index (χ1n) is 5.85. The number of nitrogens with one attached hydrogen (secondary N) is 1. The van der Waals surface area contributed by atoms with Gasteiger partial charge in [-0.3, -0.25) is 4.79 Å². The first-order chi connectivity index (χ1) is 7.25. The Balaban J connectivity index is 0.00000225. The zero-order valence-electron chi connectivity index (χ0n) is 10.1. The summed E-state index contributed by atoms with van der Waals surface area (Å²) in [6.07, 6.45) is 7.25. The van der Waals surface area contributed by atoms with Crippen LogP contribution < -0.4 is 5.32 Å². The van der Waals surface area contributed by atoms with Gasteiger partial charge in [0.2, 0.25) is 5.91 Å². The van der Waals surface area contributed by atoms with Gasteiger partial charge in [0.1, 0.15) is 0 Å². The molecular weight excluding hydrogens is 224 g/mol. The number of allylic oxidation sites excluding steroid dienone is 1. The fourth-order valence-electron chi connectivity index (χ4n) is 1.91. The number of hydrogen-bond acceptors (Lipinski definition) is 2. The number of carbonyl (C=O) groups is 1. The summed E-state index contributed by atoms with van der Waals surface area (Å²) in [5.41, 5.74) is 0. The molecule has 0 aromatic heterocycles. The van der Waals surface area contributed by atoms with E-state index in [0.717, 1.165) is 32.4 Å². The maximum Gasteiger partial charge on any atom is 0.239 e. The summed E-state index contributed by atoms with van der Waals surface area (Å²) >= 11 is 0. The largest absolute Gasteiger partial charge is 0.344 e. The number of carbonyl (C=O) groups excluding carboxylic acids is 1. The second-order valence-corrected chi connectivity index (χ2v) is 4.19. The van der Waals surface area contributed by atoms with Crippen molar-refractivity contribution >= 4 is 18.3 Å². The first-order valence-corrected chi connectivity index (χ1v) is 5.85. The van der Waals surface area contributed by atoms with E-state index in [0.29, 0.717) is 0 Å². The Morgan fingerprint density at radius 3 is 2.88 bits per heavy atom. The van der Waals surface area contributed by atoms with E-state index in [9.17, 15) is 4.79 Å². The molecule has 0 aromatic rings. The Bertz CT molecular complexity index is 215. The van der Waals surface area contributed by atoms with Crippen LogP contribution in [0.3, 0.4) is 0 Å². The van der Waals surface area contributed by atoms with Gasteiger partial charge in [0, 0.05) is 13.6 Å². The van der Waals surface area contributed by atoms with Crippen molar-refractivity contribution in [2.75, 3.05) is 20.1 Å². The zero-order chi connectivity index (χ0) is 11.1. The number of halogens is 1. The Morgan fingerprint density at radius 1 is 1.56 bits per heavy atom. The summed E-state index contributed by atoms with van der Waals surface area (Å²) in [6.45, 7) is 5.50. The third kappa shape index (κ3) is 4.99. The van der Waals surface area contributed by atoms with Crippen molar-refractivity contribution in [3.8, 4) is 0 Å². The van der Waals surface area contributed by atoms with E-state index in [1.165, 1.54) is 12.8 Å². The average molecular weight is 247 g/mol. The molecule has 4 heteroatoms. The van der Waals surface area contributed by atoms with Crippen LogP contribution in [0.2, 0.25) is 0 Å². The minimum absolute atomic E-state index is 0. The minimum atomic E-state index is 0. The molecule has 3 nitrogen and oxygen atoms in total. The standard InChI is InChI=1S/C12H22N2O.ClH/c1-3-4-7-10-14(2)12(15)11-8-5-6-9-13-11;/h3,11,13H,1,4-10H2,2H3;1H. The highest BCUT2D eigenvalue weighted by atomic mass is 35.5. The molecule has 1 amide bonds. The topological polar surface area (TPSA) is 32.3 Å². The molecule has 1 saturated heterocycles. The van der Waals surface area contributed by atoms with Gasteiger partial charge in [-0.15, -0.1) is 19.0 Å². The molecule has 1 fully saturated rings. The highest BCUT2D eigenvalue weighted by Crippen LogP contribution is 2.09. The molecule has 0 saturated carbocycles. The molecule has 1 atom stereocenters. The number of likely N-dealkylation sites (N-methyl/N-ethyl adjacent to an activating group) is 1. The number of unbranched alkanes of at least 4 members (excludes halogenated alkanes) is 1. The fourth-order valence-corrected chi connectivity index (χ4v) is 1.91. The minimum Gasteiger partial charge on any atom is -0.344 e. The number of nitrogens with zero attached hydrogens (tertiary/aromatic N) is 1. The average Bonchev–Trinajstić information content (AvgIpc) is 2.29. The lowest BCUT2D eigenvalue weighted by molar-refractivity contribution is -0.132. The summed E-state index contributed by atoms with van der Waals surface area (Å²) < 4.78 is 0. The van der Waals surface area contributed by atoms with Gasteiger partial charge in [-0.05, 0) is 32.2 Å². The van der Waals surface area contributed by atoms with Crippen molar-refractivity contribution < 1.29 is 4.79 Å². The van der Waals surface area contributed by atoms with Crippen molar-refractivity contribution in [2.24, 2.45) is 0 Å². The lowest BCUT2D eigenvalue weighted by Gasteiger charge is -2.27. The molecule has 1 rings (SSSR count). The third-order valence-corrected chi connectivity index (χ3v) is 2.89. The normalized spacial score (nSPS) is 19.7.